The van der Waals surface area contributed by atoms with Crippen molar-refractivity contribution >= 4 is 0 Å². The van der Waals surface area contributed by atoms with E-state index < -0.39 is 0 Å². The van der Waals surface area contributed by atoms with Gasteiger partial charge < -0.3 is 9.47 Å². The molecule has 0 aromatic carbocycles. The normalized spacial score (nSPS) is 41.3. The Kier molecular flexibility index (Phi) is 3.71. The largest absolute Gasteiger partial charge is 0.377 e. The van der Waals surface area contributed by atoms with Crippen LogP contribution in [0.1, 0.15) is 20.3 Å². The summed E-state index contributed by atoms with van der Waals surface area (Å²) in [5.74, 6) is 0. The molecule has 1 heterocycles. The molecule has 0 aromatic heterocycles. The van der Waals surface area contributed by atoms with E-state index in [1.54, 1.807) is 14.2 Å². The summed E-state index contributed by atoms with van der Waals surface area (Å²) in [4.78, 5) is 2.35. The number of ether oxygens (including phenoxy) is 2. The first-order valence-electron chi connectivity index (χ1n) is 4.94. The van der Waals surface area contributed by atoms with Gasteiger partial charge in [-0.25, -0.2) is 0 Å². The van der Waals surface area contributed by atoms with Crippen molar-refractivity contribution in [2.24, 2.45) is 0 Å². The van der Waals surface area contributed by atoms with Crippen LogP contribution in [0.25, 0.3) is 0 Å². The molecule has 0 amide bonds. The molecule has 0 saturated carbocycles. The number of hydrogen-bond acceptors (Lipinski definition) is 3. The molecule has 1 saturated heterocycles. The predicted octanol–water partition coefficient (Wildman–Crippen LogP) is 1.13. The molecule has 1 rings (SSSR count). The highest BCUT2D eigenvalue weighted by Gasteiger charge is 2.44. The molecule has 3 nitrogen and oxygen atoms in total. The monoisotopic (exact) mass is 187 g/mol. The van der Waals surface area contributed by atoms with Crippen LogP contribution >= 0.6 is 0 Å². The van der Waals surface area contributed by atoms with Crippen molar-refractivity contribution in [3.8, 4) is 0 Å². The van der Waals surface area contributed by atoms with Crippen molar-refractivity contribution in [3.05, 3.63) is 0 Å². The van der Waals surface area contributed by atoms with Crippen molar-refractivity contribution in [1.82, 2.24) is 4.90 Å². The third-order valence-electron chi connectivity index (χ3n) is 3.31. The topological polar surface area (TPSA) is 21.7 Å². The number of nitrogens with zero attached hydrogens (tertiary/aromatic N) is 1. The molecule has 0 spiro atoms. The molecule has 13 heavy (non-hydrogen) atoms. The second-order valence-electron chi connectivity index (χ2n) is 3.78. The molecular formula is C10H21NO2. The van der Waals surface area contributed by atoms with Gasteiger partial charge in [-0.05, 0) is 20.4 Å². The summed E-state index contributed by atoms with van der Waals surface area (Å²) in [6, 6.07) is 0.935. The van der Waals surface area contributed by atoms with E-state index in [1.807, 2.05) is 0 Å². The molecule has 1 fully saturated rings. The lowest BCUT2D eigenvalue weighted by molar-refractivity contribution is -0.0266. The molecule has 2 unspecified atom stereocenters. The maximum absolute atomic E-state index is 5.49. The minimum atomic E-state index is 0.208. The van der Waals surface area contributed by atoms with Crippen molar-refractivity contribution in [3.63, 3.8) is 0 Å². The molecule has 4 atom stereocenters. The molecule has 0 N–H and O–H groups in total. The molecule has 1 aliphatic rings. The molecule has 3 heteroatoms. The first-order chi connectivity index (χ1) is 6.17. The average molecular weight is 187 g/mol. The van der Waals surface area contributed by atoms with Gasteiger partial charge >= 0.3 is 0 Å². The highest BCUT2D eigenvalue weighted by atomic mass is 16.5. The van der Waals surface area contributed by atoms with Gasteiger partial charge in [-0.1, -0.05) is 6.92 Å². The molecular weight excluding hydrogens is 166 g/mol. The van der Waals surface area contributed by atoms with E-state index in [-0.39, 0.29) is 12.2 Å². The van der Waals surface area contributed by atoms with Crippen LogP contribution in [-0.2, 0) is 9.47 Å². The Labute approximate surface area is 81.0 Å². The van der Waals surface area contributed by atoms with Gasteiger partial charge in [-0.3, -0.25) is 4.90 Å². The predicted molar refractivity (Wildman–Crippen MR) is 52.9 cm³/mol. The third kappa shape index (κ3) is 1.73. The lowest BCUT2D eigenvalue weighted by Gasteiger charge is -2.23. The van der Waals surface area contributed by atoms with Crippen LogP contribution in [0, 0.1) is 0 Å². The second-order valence-corrected chi connectivity index (χ2v) is 3.78. The smallest absolute Gasteiger partial charge is 0.100 e. The minimum absolute atomic E-state index is 0.208. The molecule has 1 aliphatic heterocycles. The first kappa shape index (κ1) is 11.0. The van der Waals surface area contributed by atoms with Gasteiger partial charge in [0.2, 0.25) is 0 Å². The van der Waals surface area contributed by atoms with E-state index in [2.05, 4.69) is 25.8 Å². The number of likely N-dealkylation sites (N-methyl/N-ethyl adjacent to an activating group) is 1. The standard InChI is InChI=1S/C10H21NO2/c1-6-8-10(13-5)9(12-4)7(2)11(8)3/h7-10H,6H2,1-5H3/t7?,8-,9?,10+/m1/s1. The number of methoxy groups -OCH3 is 2. The van der Waals surface area contributed by atoms with Crippen molar-refractivity contribution < 1.29 is 9.47 Å². The lowest BCUT2D eigenvalue weighted by Crippen LogP contribution is -2.35. The van der Waals surface area contributed by atoms with Crippen LogP contribution in [0.5, 0.6) is 0 Å². The highest BCUT2D eigenvalue weighted by molar-refractivity contribution is 4.98. The van der Waals surface area contributed by atoms with Gasteiger partial charge in [0.1, 0.15) is 6.10 Å². The van der Waals surface area contributed by atoms with E-state index in [0.717, 1.165) is 6.42 Å². The Morgan fingerprint density at radius 2 is 1.69 bits per heavy atom. The van der Waals surface area contributed by atoms with E-state index in [4.69, 9.17) is 9.47 Å². The maximum Gasteiger partial charge on any atom is 0.100 e. The van der Waals surface area contributed by atoms with Crippen molar-refractivity contribution in [2.45, 2.75) is 44.6 Å². The minimum Gasteiger partial charge on any atom is -0.377 e. The molecule has 78 valence electrons. The maximum atomic E-state index is 5.49. The molecule has 0 bridgehead atoms. The van der Waals surface area contributed by atoms with E-state index >= 15 is 0 Å². The fourth-order valence-electron chi connectivity index (χ4n) is 2.40. The fourth-order valence-corrected chi connectivity index (χ4v) is 2.40. The second kappa shape index (κ2) is 4.40. The van der Waals surface area contributed by atoms with Gasteiger partial charge in [-0.15, -0.1) is 0 Å². The third-order valence-corrected chi connectivity index (χ3v) is 3.31. The zero-order valence-electron chi connectivity index (χ0n) is 9.28. The SMILES string of the molecule is CC[C@@H]1[C@H](OC)C(OC)C(C)N1C. The van der Waals surface area contributed by atoms with Gasteiger partial charge in [-0.2, -0.15) is 0 Å². The van der Waals surface area contributed by atoms with Crippen molar-refractivity contribution in [2.75, 3.05) is 21.3 Å². The van der Waals surface area contributed by atoms with Gasteiger partial charge in [0.05, 0.1) is 6.10 Å². The van der Waals surface area contributed by atoms with E-state index in [0.29, 0.717) is 12.1 Å². The van der Waals surface area contributed by atoms with Crippen LogP contribution in [0.3, 0.4) is 0 Å². The fraction of sp³-hybridized carbons (Fsp3) is 1.00. The number of likely N-dealkylation sites (tertiary alicyclic amines) is 1. The van der Waals surface area contributed by atoms with Crippen LogP contribution < -0.4 is 0 Å². The van der Waals surface area contributed by atoms with E-state index in [9.17, 15) is 0 Å². The summed E-state index contributed by atoms with van der Waals surface area (Å²) < 4.78 is 11.0. The summed E-state index contributed by atoms with van der Waals surface area (Å²) in [6.45, 7) is 4.38. The Balaban J connectivity index is 2.76. The van der Waals surface area contributed by atoms with Crippen LogP contribution in [0.4, 0.5) is 0 Å². The highest BCUT2D eigenvalue weighted by Crippen LogP contribution is 2.28. The first-order valence-corrected chi connectivity index (χ1v) is 4.94. The average Bonchev–Trinajstić information content (AvgIpc) is 2.38. The van der Waals surface area contributed by atoms with Gasteiger partial charge in [0.15, 0.2) is 0 Å². The van der Waals surface area contributed by atoms with E-state index in [1.165, 1.54) is 0 Å². The van der Waals surface area contributed by atoms with Crippen molar-refractivity contribution in [1.29, 1.82) is 0 Å². The molecule has 0 aliphatic carbocycles. The summed E-state index contributed by atoms with van der Waals surface area (Å²) in [6.07, 6.45) is 1.54. The zero-order valence-corrected chi connectivity index (χ0v) is 9.28. The number of rotatable bonds is 3. The Hall–Kier alpha value is -0.120. The summed E-state index contributed by atoms with van der Waals surface area (Å²) in [7, 11) is 5.67. The lowest BCUT2D eigenvalue weighted by atomic mass is 10.1. The zero-order chi connectivity index (χ0) is 10.0. The number of hydrogen-bond donors (Lipinski definition) is 0. The quantitative estimate of drug-likeness (QED) is 0.661. The van der Waals surface area contributed by atoms with Gasteiger partial charge in [0.25, 0.3) is 0 Å². The summed E-state index contributed by atoms with van der Waals surface area (Å²) in [5.41, 5.74) is 0. The summed E-state index contributed by atoms with van der Waals surface area (Å²) >= 11 is 0. The Morgan fingerprint density at radius 3 is 2.08 bits per heavy atom. The Bertz CT molecular complexity index is 147. The van der Waals surface area contributed by atoms with Gasteiger partial charge in [0, 0.05) is 26.3 Å². The summed E-state index contributed by atoms with van der Waals surface area (Å²) in [5, 5.41) is 0. The molecule has 0 aromatic rings. The van der Waals surface area contributed by atoms with Crippen LogP contribution in [-0.4, -0.2) is 50.5 Å². The van der Waals surface area contributed by atoms with Crippen LogP contribution in [0.15, 0.2) is 0 Å². The molecule has 0 radical (unpaired) electrons. The Morgan fingerprint density at radius 1 is 1.15 bits per heavy atom. The van der Waals surface area contributed by atoms with Crippen LogP contribution in [0.2, 0.25) is 0 Å².